The average molecular weight is 414 g/mol. The maximum Gasteiger partial charge on any atom is 0.191 e. The van der Waals surface area contributed by atoms with Crippen molar-refractivity contribution in [3.8, 4) is 0 Å². The minimum absolute atomic E-state index is 0.296. The molecule has 4 heterocycles. The topological polar surface area (TPSA) is 79.1 Å². The fourth-order valence-corrected chi connectivity index (χ4v) is 4.53. The van der Waals surface area contributed by atoms with Gasteiger partial charge in [0.25, 0.3) is 0 Å². The molecule has 1 aliphatic heterocycles. The molecule has 4 rings (SSSR count). The van der Waals surface area contributed by atoms with E-state index in [1.807, 2.05) is 40.1 Å². The van der Waals surface area contributed by atoms with Crippen molar-refractivity contribution in [1.82, 2.24) is 30.1 Å². The Bertz CT molecular complexity index is 961. The highest BCUT2D eigenvalue weighted by Crippen LogP contribution is 2.27. The van der Waals surface area contributed by atoms with Gasteiger partial charge in [-0.2, -0.15) is 0 Å². The number of aromatic nitrogens is 3. The van der Waals surface area contributed by atoms with E-state index in [-0.39, 0.29) is 0 Å². The van der Waals surface area contributed by atoms with Gasteiger partial charge in [0.05, 0.1) is 25.8 Å². The second-order valence-electron chi connectivity index (χ2n) is 6.96. The van der Waals surface area contributed by atoms with Crippen molar-refractivity contribution in [2.75, 3.05) is 39.9 Å². The molecule has 1 fully saturated rings. The lowest BCUT2D eigenvalue weighted by molar-refractivity contribution is 0.0177. The molecule has 154 valence electrons. The quantitative estimate of drug-likeness (QED) is 0.474. The maximum absolute atomic E-state index is 5.54. The van der Waals surface area contributed by atoms with Gasteiger partial charge in [-0.05, 0) is 31.2 Å². The zero-order valence-electron chi connectivity index (χ0n) is 16.8. The van der Waals surface area contributed by atoms with E-state index in [2.05, 4.69) is 49.8 Å². The van der Waals surface area contributed by atoms with Gasteiger partial charge in [0.15, 0.2) is 17.4 Å². The molecule has 0 saturated carbocycles. The summed E-state index contributed by atoms with van der Waals surface area (Å²) in [6.45, 7) is 6.94. The summed E-state index contributed by atoms with van der Waals surface area (Å²) >= 11 is 1.86. The van der Waals surface area contributed by atoms with E-state index >= 15 is 0 Å². The Hall–Kier alpha value is -2.49. The Morgan fingerprint density at radius 2 is 2.07 bits per heavy atom. The molecule has 0 radical (unpaired) electrons. The van der Waals surface area contributed by atoms with Crippen LogP contribution >= 0.6 is 11.3 Å². The molecule has 8 nitrogen and oxygen atoms in total. The number of hydrogen-bond acceptors (Lipinski definition) is 6. The minimum atomic E-state index is 0.296. The summed E-state index contributed by atoms with van der Waals surface area (Å²) in [5, 5.41) is 15.3. The Balaban J connectivity index is 1.40. The van der Waals surface area contributed by atoms with E-state index in [0.29, 0.717) is 12.6 Å². The molecule has 0 amide bonds. The van der Waals surface area contributed by atoms with Crippen LogP contribution in [-0.4, -0.2) is 65.4 Å². The van der Waals surface area contributed by atoms with Gasteiger partial charge in [-0.1, -0.05) is 6.07 Å². The summed E-state index contributed by atoms with van der Waals surface area (Å²) in [7, 11) is 1.79. The standard InChI is InChI=1S/C20H27N7OS/c1-15-6-7-17(29-15)16(26-9-11-28-12-10-26)13-22-20(21-2)23-14-19-25-24-18-5-3-4-8-27(18)19/h3-8,16H,9-14H2,1-2H3,(H2,21,22,23). The van der Waals surface area contributed by atoms with Gasteiger partial charge in [-0.3, -0.25) is 14.3 Å². The van der Waals surface area contributed by atoms with E-state index in [1.165, 1.54) is 9.75 Å². The predicted molar refractivity (Wildman–Crippen MR) is 115 cm³/mol. The lowest BCUT2D eigenvalue weighted by Crippen LogP contribution is -2.46. The molecular weight excluding hydrogens is 386 g/mol. The van der Waals surface area contributed by atoms with Gasteiger partial charge in [0.1, 0.15) is 0 Å². The zero-order valence-corrected chi connectivity index (χ0v) is 17.7. The lowest BCUT2D eigenvalue weighted by Gasteiger charge is -2.34. The number of aryl methyl sites for hydroxylation is 1. The Morgan fingerprint density at radius 3 is 2.83 bits per heavy atom. The SMILES string of the molecule is CN=C(NCc1nnc2ccccn12)NCC(c1ccc(C)s1)N1CCOCC1. The van der Waals surface area contributed by atoms with Crippen LogP contribution in [0.2, 0.25) is 0 Å². The van der Waals surface area contributed by atoms with Crippen LogP contribution in [0.25, 0.3) is 5.65 Å². The van der Waals surface area contributed by atoms with Crippen LogP contribution in [0.4, 0.5) is 0 Å². The lowest BCUT2D eigenvalue weighted by atomic mass is 10.2. The summed E-state index contributed by atoms with van der Waals surface area (Å²) < 4.78 is 7.52. The Morgan fingerprint density at radius 1 is 1.21 bits per heavy atom. The van der Waals surface area contributed by atoms with Crippen LogP contribution < -0.4 is 10.6 Å². The van der Waals surface area contributed by atoms with Crippen LogP contribution in [0.5, 0.6) is 0 Å². The first-order valence-electron chi connectivity index (χ1n) is 9.86. The smallest absolute Gasteiger partial charge is 0.191 e. The number of rotatable bonds is 6. The van der Waals surface area contributed by atoms with E-state index < -0.39 is 0 Å². The summed E-state index contributed by atoms with van der Waals surface area (Å²) in [6.07, 6.45) is 1.97. The number of morpholine rings is 1. The number of guanidine groups is 1. The van der Waals surface area contributed by atoms with Crippen LogP contribution in [0.1, 0.15) is 21.6 Å². The first-order chi connectivity index (χ1) is 14.2. The minimum Gasteiger partial charge on any atom is -0.379 e. The van der Waals surface area contributed by atoms with Crippen molar-refractivity contribution in [3.05, 3.63) is 52.1 Å². The molecule has 0 aliphatic carbocycles. The Kier molecular flexibility index (Phi) is 6.38. The largest absolute Gasteiger partial charge is 0.379 e. The number of pyridine rings is 1. The van der Waals surface area contributed by atoms with E-state index in [4.69, 9.17) is 4.74 Å². The van der Waals surface area contributed by atoms with Crippen molar-refractivity contribution >= 4 is 22.9 Å². The van der Waals surface area contributed by atoms with Crippen LogP contribution in [0.15, 0.2) is 41.5 Å². The molecule has 9 heteroatoms. The molecule has 0 bridgehead atoms. The van der Waals surface area contributed by atoms with Gasteiger partial charge in [-0.15, -0.1) is 21.5 Å². The van der Waals surface area contributed by atoms with Crippen molar-refractivity contribution < 1.29 is 4.74 Å². The van der Waals surface area contributed by atoms with E-state index in [1.54, 1.807) is 7.05 Å². The number of thiophene rings is 1. The third kappa shape index (κ3) is 4.75. The summed E-state index contributed by atoms with van der Waals surface area (Å²) in [6, 6.07) is 10.6. The third-order valence-corrected chi connectivity index (χ3v) is 6.16. The predicted octanol–water partition coefficient (Wildman–Crippen LogP) is 1.84. The molecule has 1 atom stereocenters. The third-order valence-electron chi connectivity index (χ3n) is 5.06. The second-order valence-corrected chi connectivity index (χ2v) is 8.28. The number of fused-ring (bicyclic) bond motifs is 1. The summed E-state index contributed by atoms with van der Waals surface area (Å²) in [4.78, 5) is 9.57. The number of nitrogens with zero attached hydrogens (tertiary/aromatic N) is 5. The van der Waals surface area contributed by atoms with Gasteiger partial charge in [0.2, 0.25) is 0 Å². The van der Waals surface area contributed by atoms with Gasteiger partial charge in [-0.25, -0.2) is 0 Å². The van der Waals surface area contributed by atoms with Crippen molar-refractivity contribution in [1.29, 1.82) is 0 Å². The number of nitrogens with one attached hydrogen (secondary N) is 2. The van der Waals surface area contributed by atoms with E-state index in [9.17, 15) is 0 Å². The first-order valence-corrected chi connectivity index (χ1v) is 10.7. The first kappa shape index (κ1) is 19.8. The highest BCUT2D eigenvalue weighted by Gasteiger charge is 2.24. The van der Waals surface area contributed by atoms with Gasteiger partial charge < -0.3 is 15.4 Å². The molecule has 0 aromatic carbocycles. The van der Waals surface area contributed by atoms with Gasteiger partial charge >= 0.3 is 0 Å². The zero-order chi connectivity index (χ0) is 20.1. The summed E-state index contributed by atoms with van der Waals surface area (Å²) in [5.74, 6) is 1.60. The molecule has 3 aromatic rings. The fraction of sp³-hybridized carbons (Fsp3) is 0.450. The number of hydrogen-bond donors (Lipinski definition) is 2. The molecule has 0 spiro atoms. The molecule has 1 aliphatic rings. The van der Waals surface area contributed by atoms with Gasteiger partial charge in [0, 0.05) is 42.6 Å². The van der Waals surface area contributed by atoms with Crippen LogP contribution in [0, 0.1) is 6.92 Å². The van der Waals surface area contributed by atoms with Crippen molar-refractivity contribution in [2.24, 2.45) is 4.99 Å². The molecule has 2 N–H and O–H groups in total. The van der Waals surface area contributed by atoms with Crippen LogP contribution in [0.3, 0.4) is 0 Å². The van der Waals surface area contributed by atoms with E-state index in [0.717, 1.165) is 50.3 Å². The fourth-order valence-electron chi connectivity index (χ4n) is 3.52. The van der Waals surface area contributed by atoms with Crippen LogP contribution in [-0.2, 0) is 11.3 Å². The second kappa shape index (κ2) is 9.34. The number of ether oxygens (including phenoxy) is 1. The van der Waals surface area contributed by atoms with Crippen molar-refractivity contribution in [2.45, 2.75) is 19.5 Å². The average Bonchev–Trinajstić information content (AvgIpc) is 3.37. The normalized spacial score (nSPS) is 16.8. The molecular formula is C20H27N7OS. The highest BCUT2D eigenvalue weighted by atomic mass is 32.1. The molecule has 29 heavy (non-hydrogen) atoms. The van der Waals surface area contributed by atoms with Crippen molar-refractivity contribution in [3.63, 3.8) is 0 Å². The Labute approximate surface area is 174 Å². The highest BCUT2D eigenvalue weighted by molar-refractivity contribution is 7.12. The molecule has 3 aromatic heterocycles. The monoisotopic (exact) mass is 413 g/mol. The maximum atomic E-state index is 5.54. The molecule has 1 unspecified atom stereocenters. The molecule has 1 saturated heterocycles. The number of aliphatic imine (C=N–C) groups is 1. The summed E-state index contributed by atoms with van der Waals surface area (Å²) in [5.41, 5.74) is 0.840.